The summed E-state index contributed by atoms with van der Waals surface area (Å²) in [5, 5.41) is 12.5. The summed E-state index contributed by atoms with van der Waals surface area (Å²) in [5.41, 5.74) is 13.2. The summed E-state index contributed by atoms with van der Waals surface area (Å²) >= 11 is 0. The van der Waals surface area contributed by atoms with E-state index in [0.717, 1.165) is 56.5 Å². The van der Waals surface area contributed by atoms with Gasteiger partial charge in [-0.2, -0.15) is 4.98 Å². The topological polar surface area (TPSA) is 104 Å². The van der Waals surface area contributed by atoms with Crippen molar-refractivity contribution < 1.29 is 17.7 Å². The molecule has 5 N–H and O–H groups in total. The average molecular weight is 886 g/mol. The van der Waals surface area contributed by atoms with E-state index < -0.39 is 0 Å². The van der Waals surface area contributed by atoms with Crippen molar-refractivity contribution in [3.05, 3.63) is 168 Å². The van der Waals surface area contributed by atoms with E-state index >= 15 is 0 Å². The van der Waals surface area contributed by atoms with Gasteiger partial charge in [0.2, 0.25) is 5.82 Å². The number of benzene rings is 6. The van der Waals surface area contributed by atoms with Gasteiger partial charge in [-0.25, -0.2) is 15.0 Å². The molecule has 336 valence electrons. The molecule has 65 heavy (non-hydrogen) atoms. The van der Waals surface area contributed by atoms with Gasteiger partial charge in [-0.15, -0.1) is 0 Å². The van der Waals surface area contributed by atoms with Gasteiger partial charge in [0.15, 0.2) is 11.6 Å². The van der Waals surface area contributed by atoms with Crippen LogP contribution in [0.3, 0.4) is 0 Å². The van der Waals surface area contributed by atoms with Crippen LogP contribution < -0.4 is 33.7 Å². The van der Waals surface area contributed by atoms with Crippen molar-refractivity contribution in [3.8, 4) is 0 Å². The molecule has 6 aromatic carbocycles. The third kappa shape index (κ3) is 12.5. The highest BCUT2D eigenvalue weighted by molar-refractivity contribution is 5.83. The molecule has 8 nitrogen and oxygen atoms in total. The maximum absolute atomic E-state index is 4.91. The molecular weight excluding hydrogens is 820 g/mol. The molecule has 0 amide bonds. The van der Waals surface area contributed by atoms with Crippen LogP contribution in [-0.4, -0.2) is 19.9 Å². The zero-order chi connectivity index (χ0) is 45.9. The minimum atomic E-state index is 0. The van der Waals surface area contributed by atoms with Crippen LogP contribution in [0, 0.1) is 0 Å². The van der Waals surface area contributed by atoms with Crippen molar-refractivity contribution in [2.75, 3.05) is 16.0 Å². The summed E-state index contributed by atoms with van der Waals surface area (Å²) in [6, 6.07) is 50.2. The Kier molecular flexibility index (Phi) is 14.4. The number of rotatable bonds is 8. The van der Waals surface area contributed by atoms with E-state index in [1.807, 2.05) is 48.5 Å². The summed E-state index contributed by atoms with van der Waals surface area (Å²) in [6.07, 6.45) is 0. The third-order valence-corrected chi connectivity index (χ3v) is 11.3. The summed E-state index contributed by atoms with van der Waals surface area (Å²) in [4.78, 5) is 19.5. The van der Waals surface area contributed by atoms with Gasteiger partial charge in [0.1, 0.15) is 5.69 Å². The summed E-state index contributed by atoms with van der Waals surface area (Å²) in [7, 11) is 0. The molecule has 0 atom stereocenters. The fraction of sp³-hybridized carbons (Fsp3) is 0.286. The molecule has 0 saturated heterocycles. The van der Waals surface area contributed by atoms with E-state index in [2.05, 4.69) is 201 Å². The van der Waals surface area contributed by atoms with Gasteiger partial charge in [0.05, 0.1) is 22.1 Å². The largest absolute Gasteiger partial charge is 1.00 e. The number of fused-ring (bicyclic) bond motifs is 2. The monoisotopic (exact) mass is 885 g/mol. The predicted octanol–water partition coefficient (Wildman–Crippen LogP) is 11.2. The molecule has 0 fully saturated rings. The van der Waals surface area contributed by atoms with E-state index in [1.165, 1.54) is 22.3 Å². The molecule has 9 heteroatoms. The Hall–Kier alpha value is -6.35. The van der Waals surface area contributed by atoms with Gasteiger partial charge in [-0.3, -0.25) is 5.32 Å². The lowest BCUT2D eigenvalue weighted by Gasteiger charge is -2.20. The molecule has 0 aliphatic heterocycles. The number of para-hydroxylation sites is 4. The lowest BCUT2D eigenvalue weighted by molar-refractivity contribution is -0.482. The highest BCUT2D eigenvalue weighted by atomic mass is 35.5. The van der Waals surface area contributed by atoms with E-state index in [-0.39, 0.29) is 34.1 Å². The first-order valence-electron chi connectivity index (χ1n) is 22.3. The smallest absolute Gasteiger partial charge is 0.273 e. The van der Waals surface area contributed by atoms with Gasteiger partial charge in [-0.1, -0.05) is 156 Å². The van der Waals surface area contributed by atoms with Crippen molar-refractivity contribution in [1.82, 2.24) is 19.9 Å². The second-order valence-electron chi connectivity index (χ2n) is 20.7. The van der Waals surface area contributed by atoms with E-state index in [0.29, 0.717) is 11.6 Å². The normalized spacial score (nSPS) is 11.9. The molecule has 0 bridgehead atoms. The molecule has 0 saturated carbocycles. The van der Waals surface area contributed by atoms with Crippen LogP contribution in [0.1, 0.15) is 105 Å². The highest BCUT2D eigenvalue weighted by Gasteiger charge is 2.19. The number of quaternary nitrogens is 1. The molecule has 0 spiro atoms. The number of nitrogens with two attached hydrogens (primary N) is 1. The first kappa shape index (κ1) is 48.1. The molecule has 0 unspecified atom stereocenters. The van der Waals surface area contributed by atoms with Crippen LogP contribution in [0.15, 0.2) is 146 Å². The Labute approximate surface area is 392 Å². The Bertz CT molecular complexity index is 2430. The van der Waals surface area contributed by atoms with Crippen LogP contribution >= 0.6 is 0 Å². The second-order valence-corrected chi connectivity index (χ2v) is 20.7. The van der Waals surface area contributed by atoms with Crippen molar-refractivity contribution in [2.24, 2.45) is 0 Å². The lowest BCUT2D eigenvalue weighted by atomic mass is 9.87. The molecule has 8 aromatic rings. The Balaban J connectivity index is 0.000000212. The first-order valence-corrected chi connectivity index (χ1v) is 22.3. The Morgan fingerprint density at radius 3 is 0.892 bits per heavy atom. The van der Waals surface area contributed by atoms with Gasteiger partial charge in [0.25, 0.3) is 5.82 Å². The maximum Gasteiger partial charge on any atom is 0.273 e. The summed E-state index contributed by atoms with van der Waals surface area (Å²) in [6.45, 7) is 26.7. The Morgan fingerprint density at radius 2 is 0.585 bits per heavy atom. The second kappa shape index (κ2) is 19.4. The van der Waals surface area contributed by atoms with Gasteiger partial charge >= 0.3 is 0 Å². The summed E-state index contributed by atoms with van der Waals surface area (Å²) in [5.74, 6) is 2.98. The number of aromatic nitrogens is 4. The van der Waals surface area contributed by atoms with Crippen LogP contribution in [0.5, 0.6) is 0 Å². The maximum atomic E-state index is 4.91. The quantitative estimate of drug-likeness (QED) is 0.113. The molecule has 0 aliphatic rings. The number of hydrogen-bond acceptors (Lipinski definition) is 7. The van der Waals surface area contributed by atoms with Crippen molar-refractivity contribution in [1.29, 1.82) is 0 Å². The number of halogens is 1. The number of nitrogens with one attached hydrogen (secondary N) is 3. The number of anilines is 6. The van der Waals surface area contributed by atoms with Crippen LogP contribution in [0.25, 0.3) is 22.1 Å². The van der Waals surface area contributed by atoms with E-state index in [4.69, 9.17) is 19.9 Å². The molecule has 0 radical (unpaired) electrons. The third-order valence-electron chi connectivity index (χ3n) is 11.3. The van der Waals surface area contributed by atoms with Gasteiger partial charge in [-0.05, 0) is 117 Å². The van der Waals surface area contributed by atoms with Crippen molar-refractivity contribution in [2.45, 2.75) is 105 Å². The fourth-order valence-corrected chi connectivity index (χ4v) is 7.19. The van der Waals surface area contributed by atoms with Gasteiger partial charge in [0, 0.05) is 17.1 Å². The molecule has 0 aliphatic carbocycles. The predicted molar refractivity (Wildman–Crippen MR) is 271 cm³/mol. The number of nitrogens with zero attached hydrogens (tertiary/aromatic N) is 4. The minimum Gasteiger partial charge on any atom is -1.00 e. The number of hydrogen-bond donors (Lipinski definition) is 4. The molecular formula is C56H65ClN8. The SMILES string of the molecule is CC(C)(C)c1ccc(Nc2nc3ccccc3nc2Nc2ccc(C(C)(C)C)cc2)cc1.CC(C)(C)c1ccc(Nc2nc3ccccc3nc2[NH2+]c2ccc(C(C)(C)C)cc2)cc1.[Cl-]. The van der Waals surface area contributed by atoms with Crippen molar-refractivity contribution in [3.63, 3.8) is 0 Å². The molecule has 2 aromatic heterocycles. The summed E-state index contributed by atoms with van der Waals surface area (Å²) < 4.78 is 0. The standard InChI is InChI=1S/2C28H32N4.ClH/c2*1-27(2,3)19-11-15-21(16-12-19)29-25-26(32-24-10-8-7-9-23(24)31-25)30-22-17-13-20(14-18-22)28(4,5)6;/h2*7-18H,1-6H3,(H,29,31)(H,30,32);1H. The molecule has 8 rings (SSSR count). The van der Waals surface area contributed by atoms with Crippen molar-refractivity contribution >= 4 is 68.1 Å². The van der Waals surface area contributed by atoms with Crippen LogP contribution in [-0.2, 0) is 21.7 Å². The Morgan fingerprint density at radius 1 is 0.323 bits per heavy atom. The minimum absolute atomic E-state index is 0. The zero-order valence-corrected chi connectivity index (χ0v) is 40.9. The first-order chi connectivity index (χ1) is 30.2. The van der Waals surface area contributed by atoms with E-state index in [1.54, 1.807) is 0 Å². The van der Waals surface area contributed by atoms with E-state index in [9.17, 15) is 0 Å². The zero-order valence-electron chi connectivity index (χ0n) is 40.1. The average Bonchev–Trinajstić information content (AvgIpc) is 3.24. The lowest BCUT2D eigenvalue weighted by Crippen LogP contribution is -3.00. The fourth-order valence-electron chi connectivity index (χ4n) is 7.19. The van der Waals surface area contributed by atoms with Crippen LogP contribution in [0.4, 0.5) is 46.0 Å². The molecule has 2 heterocycles. The highest BCUT2D eigenvalue weighted by Crippen LogP contribution is 2.32. The van der Waals surface area contributed by atoms with Crippen LogP contribution in [0.2, 0.25) is 0 Å². The van der Waals surface area contributed by atoms with Gasteiger partial charge < -0.3 is 28.4 Å².